The molecule has 2 N–H and O–H groups in total. The number of hydrogen-bond acceptors (Lipinski definition) is 5. The van der Waals surface area contributed by atoms with Crippen LogP contribution in [0, 0.1) is 10.1 Å². The smallest absolute Gasteiger partial charge is 0.270 e. The SMILES string of the molecule is O=C(NC(=Cc1cccc([N+](=O)[O-])c1)c1nc2ccccc2[nH]1)c1cccs1. The molecule has 2 heterocycles. The second-order valence-corrected chi connectivity index (χ2v) is 6.89. The van der Waals surface area contributed by atoms with Crippen LogP contribution in [-0.2, 0) is 0 Å². The fourth-order valence-electron chi connectivity index (χ4n) is 2.73. The van der Waals surface area contributed by atoms with Crippen LogP contribution in [0.25, 0.3) is 22.8 Å². The second-order valence-electron chi connectivity index (χ2n) is 5.94. The highest BCUT2D eigenvalue weighted by molar-refractivity contribution is 7.12. The molecule has 0 radical (unpaired) electrons. The number of aromatic nitrogens is 2. The van der Waals surface area contributed by atoms with E-state index in [0.29, 0.717) is 22.0 Å². The number of nitro groups is 1. The van der Waals surface area contributed by atoms with Gasteiger partial charge in [0, 0.05) is 12.1 Å². The molecule has 0 spiro atoms. The van der Waals surface area contributed by atoms with Gasteiger partial charge in [-0.2, -0.15) is 0 Å². The van der Waals surface area contributed by atoms with Crippen molar-refractivity contribution in [1.82, 2.24) is 15.3 Å². The lowest BCUT2D eigenvalue weighted by atomic mass is 10.1. The number of hydrogen-bond donors (Lipinski definition) is 2. The Bertz CT molecular complexity index is 1160. The van der Waals surface area contributed by atoms with Crippen LogP contribution in [0.1, 0.15) is 21.1 Å². The first-order chi connectivity index (χ1) is 13.6. The second kappa shape index (κ2) is 7.45. The van der Waals surface area contributed by atoms with Crippen molar-refractivity contribution in [2.45, 2.75) is 0 Å². The van der Waals surface area contributed by atoms with E-state index in [1.807, 2.05) is 29.6 Å². The molecule has 0 aliphatic rings. The number of non-ortho nitro benzene ring substituents is 1. The lowest BCUT2D eigenvalue weighted by molar-refractivity contribution is -0.384. The number of imidazole rings is 1. The van der Waals surface area contributed by atoms with Crippen LogP contribution in [0.15, 0.2) is 66.0 Å². The van der Waals surface area contributed by atoms with Gasteiger partial charge in [-0.05, 0) is 35.2 Å². The third-order valence-electron chi connectivity index (χ3n) is 4.03. The molecule has 138 valence electrons. The van der Waals surface area contributed by atoms with E-state index in [4.69, 9.17) is 0 Å². The maximum Gasteiger partial charge on any atom is 0.270 e. The van der Waals surface area contributed by atoms with E-state index in [1.165, 1.54) is 23.5 Å². The van der Waals surface area contributed by atoms with Gasteiger partial charge in [0.2, 0.25) is 0 Å². The van der Waals surface area contributed by atoms with Crippen molar-refractivity contribution in [3.05, 3.63) is 92.4 Å². The average Bonchev–Trinajstić information content (AvgIpc) is 3.37. The predicted molar refractivity (Wildman–Crippen MR) is 109 cm³/mol. The van der Waals surface area contributed by atoms with Crippen LogP contribution >= 0.6 is 11.3 Å². The molecular weight excluding hydrogens is 376 g/mol. The molecule has 0 unspecified atom stereocenters. The molecular formula is C20H14N4O3S. The highest BCUT2D eigenvalue weighted by Crippen LogP contribution is 2.21. The number of amides is 1. The third kappa shape index (κ3) is 3.67. The first-order valence-electron chi connectivity index (χ1n) is 8.36. The van der Waals surface area contributed by atoms with Gasteiger partial charge in [0.15, 0.2) is 5.82 Å². The summed E-state index contributed by atoms with van der Waals surface area (Å²) in [5.41, 5.74) is 2.56. The number of aromatic amines is 1. The van der Waals surface area contributed by atoms with Crippen LogP contribution < -0.4 is 5.32 Å². The van der Waals surface area contributed by atoms with E-state index in [2.05, 4.69) is 15.3 Å². The number of H-pyrrole nitrogens is 1. The molecule has 0 saturated carbocycles. The van der Waals surface area contributed by atoms with Gasteiger partial charge in [-0.1, -0.05) is 30.3 Å². The van der Waals surface area contributed by atoms with Gasteiger partial charge in [0.25, 0.3) is 11.6 Å². The first kappa shape index (κ1) is 17.6. The van der Waals surface area contributed by atoms with Crippen LogP contribution in [-0.4, -0.2) is 20.8 Å². The largest absolute Gasteiger partial charge is 0.337 e. The molecule has 7 nitrogen and oxygen atoms in total. The lowest BCUT2D eigenvalue weighted by Gasteiger charge is -2.07. The zero-order valence-electron chi connectivity index (χ0n) is 14.5. The number of para-hydroxylation sites is 2. The van der Waals surface area contributed by atoms with Gasteiger partial charge in [-0.15, -0.1) is 11.3 Å². The minimum atomic E-state index is -0.456. The molecule has 4 aromatic rings. The minimum absolute atomic E-state index is 0.0257. The van der Waals surface area contributed by atoms with Crippen molar-refractivity contribution in [2.75, 3.05) is 0 Å². The Labute approximate surface area is 163 Å². The Morgan fingerprint density at radius 2 is 2.00 bits per heavy atom. The summed E-state index contributed by atoms with van der Waals surface area (Å²) < 4.78 is 0. The molecule has 0 aliphatic carbocycles. The number of thiophene rings is 1. The molecule has 28 heavy (non-hydrogen) atoms. The van der Waals surface area contributed by atoms with Crippen molar-refractivity contribution in [1.29, 1.82) is 0 Å². The summed E-state index contributed by atoms with van der Waals surface area (Å²) in [6.45, 7) is 0. The molecule has 0 atom stereocenters. The highest BCUT2D eigenvalue weighted by atomic mass is 32.1. The molecule has 8 heteroatoms. The van der Waals surface area contributed by atoms with Crippen molar-refractivity contribution in [2.24, 2.45) is 0 Å². The zero-order valence-corrected chi connectivity index (χ0v) is 15.3. The molecule has 2 aromatic carbocycles. The molecule has 2 aromatic heterocycles. The Morgan fingerprint density at radius 3 is 2.75 bits per heavy atom. The van der Waals surface area contributed by atoms with E-state index < -0.39 is 4.92 Å². The average molecular weight is 390 g/mol. The maximum absolute atomic E-state index is 12.6. The molecule has 1 amide bonds. The molecule has 0 saturated heterocycles. The molecule has 0 aliphatic heterocycles. The quantitative estimate of drug-likeness (QED) is 0.388. The van der Waals surface area contributed by atoms with Gasteiger partial charge >= 0.3 is 0 Å². The minimum Gasteiger partial charge on any atom is -0.337 e. The monoisotopic (exact) mass is 390 g/mol. The highest BCUT2D eigenvalue weighted by Gasteiger charge is 2.14. The van der Waals surface area contributed by atoms with Gasteiger partial charge < -0.3 is 10.3 Å². The summed E-state index contributed by atoms with van der Waals surface area (Å²) in [5.74, 6) is 0.199. The summed E-state index contributed by atoms with van der Waals surface area (Å²) in [7, 11) is 0. The summed E-state index contributed by atoms with van der Waals surface area (Å²) in [6, 6.07) is 17.2. The zero-order chi connectivity index (χ0) is 19.5. The summed E-state index contributed by atoms with van der Waals surface area (Å²) in [5, 5.41) is 15.7. The number of nitrogens with one attached hydrogen (secondary N) is 2. The topological polar surface area (TPSA) is 101 Å². The fraction of sp³-hybridized carbons (Fsp3) is 0. The fourth-order valence-corrected chi connectivity index (χ4v) is 3.35. The van der Waals surface area contributed by atoms with Crippen LogP contribution in [0.5, 0.6) is 0 Å². The Kier molecular flexibility index (Phi) is 4.69. The first-order valence-corrected chi connectivity index (χ1v) is 9.24. The number of rotatable bonds is 5. The van der Waals surface area contributed by atoms with E-state index in [9.17, 15) is 14.9 Å². The van der Waals surface area contributed by atoms with Gasteiger partial charge in [-0.3, -0.25) is 14.9 Å². The summed E-state index contributed by atoms with van der Waals surface area (Å²) in [6.07, 6.45) is 1.66. The van der Waals surface area contributed by atoms with Crippen LogP contribution in [0.3, 0.4) is 0 Å². The van der Waals surface area contributed by atoms with Crippen LogP contribution in [0.2, 0.25) is 0 Å². The van der Waals surface area contributed by atoms with Crippen molar-refractivity contribution in [3.63, 3.8) is 0 Å². The predicted octanol–water partition coefficient (Wildman–Crippen LogP) is 4.46. The van der Waals surface area contributed by atoms with Crippen molar-refractivity contribution in [3.8, 4) is 0 Å². The number of nitro benzene ring substituents is 1. The summed E-state index contributed by atoms with van der Waals surface area (Å²) >= 11 is 1.33. The standard InChI is InChI=1S/C20H14N4O3S/c25-20(18-9-4-10-28-18)23-17(12-13-5-3-6-14(11-13)24(26)27)19-21-15-7-1-2-8-16(15)22-19/h1-12H,(H,21,22)(H,23,25). The lowest BCUT2D eigenvalue weighted by Crippen LogP contribution is -2.21. The number of carbonyl (C=O) groups excluding carboxylic acids is 1. The van der Waals surface area contributed by atoms with Gasteiger partial charge in [0.05, 0.1) is 26.5 Å². The van der Waals surface area contributed by atoms with Crippen molar-refractivity contribution >= 4 is 45.7 Å². The molecule has 0 fully saturated rings. The maximum atomic E-state index is 12.6. The number of benzene rings is 2. The molecule has 4 rings (SSSR count). The molecule has 0 bridgehead atoms. The Morgan fingerprint density at radius 1 is 1.14 bits per heavy atom. The normalized spacial score (nSPS) is 11.5. The number of carbonyl (C=O) groups is 1. The number of nitrogens with zero attached hydrogens (tertiary/aromatic N) is 2. The Hall–Kier alpha value is -3.78. The van der Waals surface area contributed by atoms with Crippen LogP contribution in [0.4, 0.5) is 5.69 Å². The number of fused-ring (bicyclic) bond motifs is 1. The van der Waals surface area contributed by atoms with E-state index in [-0.39, 0.29) is 11.6 Å². The van der Waals surface area contributed by atoms with Gasteiger partial charge in [0.1, 0.15) is 0 Å². The van der Waals surface area contributed by atoms with E-state index in [1.54, 1.807) is 30.3 Å². The van der Waals surface area contributed by atoms with E-state index >= 15 is 0 Å². The Balaban J connectivity index is 1.77. The van der Waals surface area contributed by atoms with Crippen molar-refractivity contribution < 1.29 is 9.72 Å². The van der Waals surface area contributed by atoms with E-state index in [0.717, 1.165) is 11.0 Å². The summed E-state index contributed by atoms with van der Waals surface area (Å²) in [4.78, 5) is 31.4. The third-order valence-corrected chi connectivity index (χ3v) is 4.90. The van der Waals surface area contributed by atoms with Gasteiger partial charge in [-0.25, -0.2) is 4.98 Å².